The van der Waals surface area contributed by atoms with E-state index in [1.807, 2.05) is 72.0 Å². The molecular weight excluding hydrogens is 579 g/mol. The third-order valence-electron chi connectivity index (χ3n) is 9.35. The molecule has 8 aromatic rings. The van der Waals surface area contributed by atoms with Gasteiger partial charge in [-0.25, -0.2) is 15.0 Å². The molecule has 0 saturated carbocycles. The van der Waals surface area contributed by atoms with Crippen LogP contribution in [0.5, 0.6) is 0 Å². The highest BCUT2D eigenvalue weighted by Crippen LogP contribution is 2.49. The lowest BCUT2D eigenvalue weighted by Crippen LogP contribution is -2.14. The number of hydrogen-bond acceptors (Lipinski definition) is 4. The van der Waals surface area contributed by atoms with E-state index in [1.165, 1.54) is 53.6 Å². The highest BCUT2D eigenvalue weighted by molar-refractivity contribution is 7.25. The molecule has 0 spiro atoms. The van der Waals surface area contributed by atoms with Gasteiger partial charge in [-0.3, -0.25) is 0 Å². The Morgan fingerprint density at radius 3 is 1.54 bits per heavy atom. The van der Waals surface area contributed by atoms with Crippen LogP contribution in [-0.4, -0.2) is 15.0 Å². The summed E-state index contributed by atoms with van der Waals surface area (Å²) in [5, 5.41) is 2.52. The Bertz CT molecular complexity index is 2380. The molecule has 0 fully saturated rings. The monoisotopic (exact) mass is 607 g/mol. The van der Waals surface area contributed by atoms with Gasteiger partial charge in [0.15, 0.2) is 17.5 Å². The third-order valence-corrected chi connectivity index (χ3v) is 10.5. The van der Waals surface area contributed by atoms with E-state index in [0.717, 1.165) is 16.7 Å². The van der Waals surface area contributed by atoms with E-state index >= 15 is 0 Å². The zero-order valence-corrected chi connectivity index (χ0v) is 26.3. The SMILES string of the molecule is CC1(C)c2ccccc2-c2ccc(-c3ccc4c(c3)sc3cc(-c5nc(-c6ccccc6)nc(-c6ccccc6)n5)ccc34)cc21. The number of hydrogen-bond donors (Lipinski definition) is 0. The van der Waals surface area contributed by atoms with Crippen LogP contribution in [0, 0.1) is 0 Å². The first-order valence-corrected chi connectivity index (χ1v) is 16.4. The second kappa shape index (κ2) is 10.3. The fourth-order valence-corrected chi connectivity index (χ4v) is 8.10. The molecule has 9 rings (SSSR count). The first kappa shape index (κ1) is 26.9. The van der Waals surface area contributed by atoms with Gasteiger partial charge in [-0.2, -0.15) is 0 Å². The number of rotatable bonds is 4. The zero-order valence-electron chi connectivity index (χ0n) is 25.5. The fraction of sp³-hybridized carbons (Fsp3) is 0.0714. The minimum Gasteiger partial charge on any atom is -0.208 e. The quantitative estimate of drug-likeness (QED) is 0.200. The zero-order chi connectivity index (χ0) is 30.8. The molecule has 0 atom stereocenters. The van der Waals surface area contributed by atoms with Crippen molar-refractivity contribution in [3.63, 3.8) is 0 Å². The van der Waals surface area contributed by atoms with E-state index in [4.69, 9.17) is 15.0 Å². The van der Waals surface area contributed by atoms with Gasteiger partial charge in [0.05, 0.1) is 0 Å². The lowest BCUT2D eigenvalue weighted by Gasteiger charge is -2.22. The first-order valence-electron chi connectivity index (χ1n) is 15.6. The van der Waals surface area contributed by atoms with Gasteiger partial charge in [-0.15, -0.1) is 11.3 Å². The molecule has 0 radical (unpaired) electrons. The van der Waals surface area contributed by atoms with E-state index < -0.39 is 0 Å². The number of thiophene rings is 1. The van der Waals surface area contributed by atoms with Crippen LogP contribution in [-0.2, 0) is 5.41 Å². The normalized spacial score (nSPS) is 13.2. The van der Waals surface area contributed by atoms with Crippen molar-refractivity contribution in [2.45, 2.75) is 19.3 Å². The predicted octanol–water partition coefficient (Wildman–Crippen LogP) is 11.2. The summed E-state index contributed by atoms with van der Waals surface area (Å²) in [5.74, 6) is 2.02. The second-order valence-electron chi connectivity index (χ2n) is 12.5. The molecule has 1 aliphatic rings. The van der Waals surface area contributed by atoms with Crippen LogP contribution in [0.2, 0.25) is 0 Å². The Kier molecular flexibility index (Phi) is 6.02. The standard InChI is InChI=1S/C42H29N3S/c1-42(2)35-16-10-9-15-31(35)32-20-17-28(23-36(32)42)29-18-21-33-34-22-19-30(25-38(34)46-37(33)24-29)41-44-39(26-11-5-3-6-12-26)43-40(45-41)27-13-7-4-8-14-27/h3-25H,1-2H3. The van der Waals surface area contributed by atoms with Gasteiger partial charge in [-0.05, 0) is 51.6 Å². The lowest BCUT2D eigenvalue weighted by molar-refractivity contribution is 0.660. The third kappa shape index (κ3) is 4.29. The summed E-state index contributed by atoms with van der Waals surface area (Å²) in [5.41, 5.74) is 10.9. The Morgan fingerprint density at radius 1 is 0.413 bits per heavy atom. The summed E-state index contributed by atoms with van der Waals surface area (Å²) in [4.78, 5) is 14.8. The molecule has 0 N–H and O–H groups in total. The molecule has 2 aromatic heterocycles. The predicted molar refractivity (Wildman–Crippen MR) is 192 cm³/mol. The molecule has 0 unspecified atom stereocenters. The van der Waals surface area contributed by atoms with Gasteiger partial charge < -0.3 is 0 Å². The fourth-order valence-electron chi connectivity index (χ4n) is 6.92. The topological polar surface area (TPSA) is 38.7 Å². The van der Waals surface area contributed by atoms with Gasteiger partial charge >= 0.3 is 0 Å². The number of nitrogens with zero attached hydrogens (tertiary/aromatic N) is 3. The van der Waals surface area contributed by atoms with E-state index in [9.17, 15) is 0 Å². The Hall–Kier alpha value is -5.45. The van der Waals surface area contributed by atoms with E-state index in [2.05, 4.69) is 92.7 Å². The molecule has 0 saturated heterocycles. The summed E-state index contributed by atoms with van der Waals surface area (Å²) in [6, 6.07) is 49.5. The molecule has 46 heavy (non-hydrogen) atoms. The van der Waals surface area contributed by atoms with Crippen LogP contribution in [0.3, 0.4) is 0 Å². The summed E-state index contributed by atoms with van der Waals surface area (Å²) < 4.78 is 2.50. The first-order chi connectivity index (χ1) is 22.5. The van der Waals surface area contributed by atoms with Crippen LogP contribution in [0.4, 0.5) is 0 Å². The average molecular weight is 608 g/mol. The minimum absolute atomic E-state index is 0.0180. The summed E-state index contributed by atoms with van der Waals surface area (Å²) in [6.45, 7) is 4.68. The van der Waals surface area contributed by atoms with Crippen molar-refractivity contribution in [2.24, 2.45) is 0 Å². The van der Waals surface area contributed by atoms with Crippen LogP contribution >= 0.6 is 11.3 Å². The lowest BCUT2D eigenvalue weighted by atomic mass is 9.81. The van der Waals surface area contributed by atoms with E-state index in [1.54, 1.807) is 0 Å². The van der Waals surface area contributed by atoms with Gasteiger partial charge in [-0.1, -0.05) is 135 Å². The molecule has 0 amide bonds. The average Bonchev–Trinajstić information content (AvgIpc) is 3.59. The highest BCUT2D eigenvalue weighted by Gasteiger charge is 2.35. The summed E-state index contributed by atoms with van der Waals surface area (Å²) in [7, 11) is 0. The number of aromatic nitrogens is 3. The van der Waals surface area contributed by atoms with Crippen molar-refractivity contribution < 1.29 is 0 Å². The molecule has 1 aliphatic carbocycles. The van der Waals surface area contributed by atoms with Crippen molar-refractivity contribution in [3.8, 4) is 56.4 Å². The number of fused-ring (bicyclic) bond motifs is 6. The minimum atomic E-state index is -0.0180. The van der Waals surface area contributed by atoms with Crippen molar-refractivity contribution in [1.29, 1.82) is 0 Å². The molecule has 0 bridgehead atoms. The molecule has 2 heterocycles. The Morgan fingerprint density at radius 2 is 0.891 bits per heavy atom. The maximum atomic E-state index is 4.95. The molecule has 6 aromatic carbocycles. The number of benzene rings is 6. The van der Waals surface area contributed by atoms with Crippen molar-refractivity contribution in [2.75, 3.05) is 0 Å². The summed E-state index contributed by atoms with van der Waals surface area (Å²) in [6.07, 6.45) is 0. The largest absolute Gasteiger partial charge is 0.208 e. The van der Waals surface area contributed by atoms with Crippen LogP contribution in [0.25, 0.3) is 76.6 Å². The van der Waals surface area contributed by atoms with Crippen LogP contribution in [0.1, 0.15) is 25.0 Å². The maximum absolute atomic E-state index is 4.95. The maximum Gasteiger partial charge on any atom is 0.164 e. The molecule has 218 valence electrons. The van der Waals surface area contributed by atoms with Crippen LogP contribution < -0.4 is 0 Å². The summed E-state index contributed by atoms with van der Waals surface area (Å²) >= 11 is 1.82. The van der Waals surface area contributed by atoms with Crippen molar-refractivity contribution in [1.82, 2.24) is 15.0 Å². The molecule has 3 nitrogen and oxygen atoms in total. The van der Waals surface area contributed by atoms with E-state index in [-0.39, 0.29) is 5.41 Å². The van der Waals surface area contributed by atoms with Crippen molar-refractivity contribution in [3.05, 3.63) is 151 Å². The van der Waals surface area contributed by atoms with Crippen molar-refractivity contribution >= 4 is 31.5 Å². The second-order valence-corrected chi connectivity index (χ2v) is 13.6. The van der Waals surface area contributed by atoms with Gasteiger partial charge in [0.2, 0.25) is 0 Å². The molecular formula is C42H29N3S. The molecule has 0 aliphatic heterocycles. The van der Waals surface area contributed by atoms with Gasteiger partial charge in [0, 0.05) is 42.3 Å². The highest BCUT2D eigenvalue weighted by atomic mass is 32.1. The van der Waals surface area contributed by atoms with Gasteiger partial charge in [0.25, 0.3) is 0 Å². The smallest absolute Gasteiger partial charge is 0.164 e. The van der Waals surface area contributed by atoms with E-state index in [0.29, 0.717) is 17.5 Å². The van der Waals surface area contributed by atoms with Gasteiger partial charge in [0.1, 0.15) is 0 Å². The molecule has 4 heteroatoms. The van der Waals surface area contributed by atoms with Crippen LogP contribution in [0.15, 0.2) is 140 Å². The Balaban J connectivity index is 1.13. The Labute approximate surface area is 271 Å².